The highest BCUT2D eigenvalue weighted by Crippen LogP contribution is 2.43. The first-order valence-corrected chi connectivity index (χ1v) is 8.49. The minimum absolute atomic E-state index is 0.0164. The van der Waals surface area contributed by atoms with E-state index in [9.17, 15) is 9.59 Å². The van der Waals surface area contributed by atoms with E-state index in [2.05, 4.69) is 15.8 Å². The van der Waals surface area contributed by atoms with Crippen LogP contribution in [0.2, 0.25) is 0 Å². The molecule has 1 aliphatic carbocycles. The number of carbonyl (C=O) groups is 2. The van der Waals surface area contributed by atoms with Gasteiger partial charge in [0.05, 0.1) is 10.5 Å². The van der Waals surface area contributed by atoms with Gasteiger partial charge < -0.3 is 5.32 Å². The van der Waals surface area contributed by atoms with Crippen molar-refractivity contribution in [1.82, 2.24) is 5.43 Å². The topological polar surface area (TPSA) is 70.6 Å². The second-order valence-electron chi connectivity index (χ2n) is 6.17. The van der Waals surface area contributed by atoms with Gasteiger partial charge in [0.2, 0.25) is 11.8 Å². The van der Waals surface area contributed by atoms with E-state index in [1.807, 2.05) is 44.4 Å². The molecule has 2 aliphatic rings. The van der Waals surface area contributed by atoms with Gasteiger partial charge in [0.15, 0.2) is 0 Å². The van der Waals surface area contributed by atoms with Crippen LogP contribution in [0.15, 0.2) is 29.4 Å². The standard InChI is InChI=1S/C16H19N3O2S/c1-16(2,22-3)15(21)17-10-6-4-9(5-7-10)13-11-8-12(11)14(20)19-18-13/h4-7,11-12H,8H2,1-3H3,(H,17,21)(H,19,20). The lowest BCUT2D eigenvalue weighted by Crippen LogP contribution is -2.33. The Bertz CT molecular complexity index is 652. The number of fused-ring (bicyclic) bond motifs is 1. The van der Waals surface area contributed by atoms with Gasteiger partial charge in [-0.15, -0.1) is 11.8 Å². The molecule has 116 valence electrons. The van der Waals surface area contributed by atoms with Crippen molar-refractivity contribution in [3.8, 4) is 0 Å². The molecule has 1 saturated carbocycles. The highest BCUT2D eigenvalue weighted by molar-refractivity contribution is 8.00. The predicted octanol–water partition coefficient (Wildman–Crippen LogP) is 2.24. The van der Waals surface area contributed by atoms with Gasteiger partial charge in [-0.25, -0.2) is 5.43 Å². The van der Waals surface area contributed by atoms with E-state index in [1.165, 1.54) is 11.8 Å². The summed E-state index contributed by atoms with van der Waals surface area (Å²) >= 11 is 1.51. The van der Waals surface area contributed by atoms with Crippen molar-refractivity contribution in [3.05, 3.63) is 29.8 Å². The number of benzene rings is 1. The summed E-state index contributed by atoms with van der Waals surface area (Å²) in [6.07, 6.45) is 2.80. The average molecular weight is 317 g/mol. The molecular formula is C16H19N3O2S. The van der Waals surface area contributed by atoms with Crippen LogP contribution < -0.4 is 10.7 Å². The maximum Gasteiger partial charge on any atom is 0.243 e. The van der Waals surface area contributed by atoms with Crippen LogP contribution >= 0.6 is 11.8 Å². The van der Waals surface area contributed by atoms with Crippen molar-refractivity contribution in [2.24, 2.45) is 16.9 Å². The zero-order valence-electron chi connectivity index (χ0n) is 12.8. The summed E-state index contributed by atoms with van der Waals surface area (Å²) in [6, 6.07) is 7.63. The highest BCUT2D eigenvalue weighted by atomic mass is 32.2. The Balaban J connectivity index is 1.71. The Morgan fingerprint density at radius 1 is 1.32 bits per heavy atom. The van der Waals surface area contributed by atoms with Crippen molar-refractivity contribution in [2.45, 2.75) is 25.0 Å². The van der Waals surface area contributed by atoms with Gasteiger partial charge in [-0.3, -0.25) is 9.59 Å². The molecule has 1 heterocycles. The lowest BCUT2D eigenvalue weighted by Gasteiger charge is -2.21. The first kappa shape index (κ1) is 15.1. The molecule has 2 amide bonds. The number of nitrogens with one attached hydrogen (secondary N) is 2. The second kappa shape index (κ2) is 5.43. The van der Waals surface area contributed by atoms with Crippen LogP contribution in [0.25, 0.3) is 0 Å². The fourth-order valence-corrected chi connectivity index (χ4v) is 2.68. The lowest BCUT2D eigenvalue weighted by atomic mass is 10.0. The predicted molar refractivity (Wildman–Crippen MR) is 88.9 cm³/mol. The maximum absolute atomic E-state index is 12.1. The molecule has 2 atom stereocenters. The number of amides is 2. The fraction of sp³-hybridized carbons (Fsp3) is 0.438. The number of anilines is 1. The average Bonchev–Trinajstić information content (AvgIpc) is 3.30. The Kier molecular flexibility index (Phi) is 3.72. The van der Waals surface area contributed by atoms with Crippen molar-refractivity contribution in [3.63, 3.8) is 0 Å². The van der Waals surface area contributed by atoms with Gasteiger partial charge in [-0.1, -0.05) is 12.1 Å². The number of carbonyl (C=O) groups excluding carboxylic acids is 2. The van der Waals surface area contributed by atoms with E-state index >= 15 is 0 Å². The molecular weight excluding hydrogens is 298 g/mol. The van der Waals surface area contributed by atoms with E-state index in [1.54, 1.807) is 0 Å². The van der Waals surface area contributed by atoms with Crippen LogP contribution in [0.3, 0.4) is 0 Å². The molecule has 1 aliphatic heterocycles. The van der Waals surface area contributed by atoms with Crippen LogP contribution in [-0.4, -0.2) is 28.5 Å². The first-order valence-electron chi connectivity index (χ1n) is 7.27. The molecule has 0 bridgehead atoms. The summed E-state index contributed by atoms with van der Waals surface area (Å²) in [5, 5.41) is 7.10. The normalized spacial score (nSPS) is 23.2. The molecule has 2 N–H and O–H groups in total. The zero-order valence-corrected chi connectivity index (χ0v) is 13.7. The third-order valence-electron chi connectivity index (χ3n) is 4.26. The Labute approximate surface area is 133 Å². The Morgan fingerprint density at radius 3 is 2.64 bits per heavy atom. The smallest absolute Gasteiger partial charge is 0.243 e. The molecule has 2 unspecified atom stereocenters. The van der Waals surface area contributed by atoms with Crippen molar-refractivity contribution in [1.29, 1.82) is 0 Å². The first-order chi connectivity index (χ1) is 10.4. The van der Waals surface area contributed by atoms with Crippen LogP contribution in [0.1, 0.15) is 25.8 Å². The minimum atomic E-state index is -0.461. The highest BCUT2D eigenvalue weighted by Gasteiger charge is 2.49. The molecule has 3 rings (SSSR count). The van der Waals surface area contributed by atoms with Crippen LogP contribution in [0.4, 0.5) is 5.69 Å². The minimum Gasteiger partial charge on any atom is -0.325 e. The molecule has 6 heteroatoms. The fourth-order valence-electron chi connectivity index (χ4n) is 2.45. The van der Waals surface area contributed by atoms with E-state index < -0.39 is 4.75 Å². The van der Waals surface area contributed by atoms with E-state index in [0.29, 0.717) is 0 Å². The number of rotatable bonds is 4. The Hall–Kier alpha value is -1.82. The van der Waals surface area contributed by atoms with Crippen LogP contribution in [0, 0.1) is 11.8 Å². The molecule has 0 radical (unpaired) electrons. The van der Waals surface area contributed by atoms with Gasteiger partial charge in [-0.05, 0) is 44.2 Å². The SMILES string of the molecule is CSC(C)(C)C(=O)Nc1ccc(C2=NNC(=O)C3CC23)cc1. The summed E-state index contributed by atoms with van der Waals surface area (Å²) in [4.78, 5) is 23.6. The van der Waals surface area contributed by atoms with Crippen molar-refractivity contribution in [2.75, 3.05) is 11.6 Å². The summed E-state index contributed by atoms with van der Waals surface area (Å²) in [6.45, 7) is 3.79. The summed E-state index contributed by atoms with van der Waals surface area (Å²) < 4.78 is -0.461. The third-order valence-corrected chi connectivity index (χ3v) is 5.47. The maximum atomic E-state index is 12.1. The molecule has 1 fully saturated rings. The number of hydrogen-bond donors (Lipinski definition) is 2. The van der Waals surface area contributed by atoms with E-state index in [0.717, 1.165) is 23.4 Å². The van der Waals surface area contributed by atoms with Crippen LogP contribution in [0.5, 0.6) is 0 Å². The molecule has 0 saturated heterocycles. The van der Waals surface area contributed by atoms with E-state index in [4.69, 9.17) is 0 Å². The number of hydrazone groups is 1. The largest absolute Gasteiger partial charge is 0.325 e. The lowest BCUT2D eigenvalue weighted by molar-refractivity contribution is -0.122. The summed E-state index contributed by atoms with van der Waals surface area (Å²) in [7, 11) is 0. The van der Waals surface area contributed by atoms with Crippen LogP contribution in [-0.2, 0) is 9.59 Å². The quantitative estimate of drug-likeness (QED) is 0.894. The summed E-state index contributed by atoms with van der Waals surface area (Å²) in [5.74, 6) is 0.355. The zero-order chi connectivity index (χ0) is 15.9. The molecule has 1 aromatic carbocycles. The second-order valence-corrected chi connectivity index (χ2v) is 7.60. The number of nitrogens with zero attached hydrogens (tertiary/aromatic N) is 1. The number of hydrogen-bond acceptors (Lipinski definition) is 4. The van der Waals surface area contributed by atoms with Gasteiger partial charge >= 0.3 is 0 Å². The van der Waals surface area contributed by atoms with Gasteiger partial charge in [0.1, 0.15) is 0 Å². The molecule has 1 aromatic rings. The monoisotopic (exact) mass is 317 g/mol. The van der Waals surface area contributed by atoms with Crippen molar-refractivity contribution >= 4 is 35.0 Å². The van der Waals surface area contributed by atoms with Crippen molar-refractivity contribution < 1.29 is 9.59 Å². The van der Waals surface area contributed by atoms with Gasteiger partial charge in [-0.2, -0.15) is 5.10 Å². The molecule has 5 nitrogen and oxygen atoms in total. The van der Waals surface area contributed by atoms with Gasteiger partial charge in [0, 0.05) is 17.5 Å². The van der Waals surface area contributed by atoms with Gasteiger partial charge in [0.25, 0.3) is 0 Å². The molecule has 0 aromatic heterocycles. The Morgan fingerprint density at radius 2 is 2.00 bits per heavy atom. The number of thioether (sulfide) groups is 1. The molecule has 0 spiro atoms. The van der Waals surface area contributed by atoms with E-state index in [-0.39, 0.29) is 23.7 Å². The third kappa shape index (κ3) is 2.75. The summed E-state index contributed by atoms with van der Waals surface area (Å²) in [5.41, 5.74) is 5.27. The molecule has 22 heavy (non-hydrogen) atoms.